The molecule has 0 aromatic heterocycles. The van der Waals surface area contributed by atoms with Crippen LogP contribution < -0.4 is 5.32 Å². The monoisotopic (exact) mass is 252 g/mol. The normalized spacial score (nSPS) is 14.6. The van der Waals surface area contributed by atoms with Gasteiger partial charge in [-0.25, -0.2) is 8.78 Å². The van der Waals surface area contributed by atoms with Crippen molar-refractivity contribution in [2.75, 3.05) is 32.8 Å². The Morgan fingerprint density at radius 2 is 1.82 bits per heavy atom. The largest absolute Gasteiger partial charge is 0.395 e. The summed E-state index contributed by atoms with van der Waals surface area (Å²) in [4.78, 5) is 1.61. The summed E-state index contributed by atoms with van der Waals surface area (Å²) in [5, 5.41) is 12.2. The molecule has 104 valence electrons. The predicted octanol–water partition coefficient (Wildman–Crippen LogP) is 1.57. The van der Waals surface area contributed by atoms with Gasteiger partial charge in [0.05, 0.1) is 13.2 Å². The standard InChI is InChI=1S/C12H26F2N2O/c1-10(7-15-12(2,3)4)8-16(5-6-17)9-11(13)14/h10-11,15,17H,5-9H2,1-4H3. The van der Waals surface area contributed by atoms with Gasteiger partial charge in [0.15, 0.2) is 0 Å². The van der Waals surface area contributed by atoms with Crippen LogP contribution >= 0.6 is 0 Å². The van der Waals surface area contributed by atoms with E-state index in [1.165, 1.54) is 0 Å². The summed E-state index contributed by atoms with van der Waals surface area (Å²) in [7, 11) is 0. The van der Waals surface area contributed by atoms with Gasteiger partial charge in [0.25, 0.3) is 6.43 Å². The van der Waals surface area contributed by atoms with Crippen molar-refractivity contribution in [1.82, 2.24) is 10.2 Å². The molecule has 0 rings (SSSR count). The first kappa shape index (κ1) is 16.7. The zero-order valence-electron chi connectivity index (χ0n) is 11.3. The number of hydrogen-bond acceptors (Lipinski definition) is 3. The van der Waals surface area contributed by atoms with Gasteiger partial charge >= 0.3 is 0 Å². The maximum atomic E-state index is 12.3. The highest BCUT2D eigenvalue weighted by Gasteiger charge is 2.16. The molecule has 0 aromatic rings. The fourth-order valence-corrected chi connectivity index (χ4v) is 1.58. The van der Waals surface area contributed by atoms with Crippen molar-refractivity contribution >= 4 is 0 Å². The van der Waals surface area contributed by atoms with E-state index in [4.69, 9.17) is 5.11 Å². The van der Waals surface area contributed by atoms with E-state index < -0.39 is 6.43 Å². The summed E-state index contributed by atoms with van der Waals surface area (Å²) in [6.07, 6.45) is -2.34. The highest BCUT2D eigenvalue weighted by molar-refractivity contribution is 4.73. The van der Waals surface area contributed by atoms with E-state index in [1.54, 1.807) is 4.90 Å². The van der Waals surface area contributed by atoms with Crippen LogP contribution in [0.4, 0.5) is 8.78 Å². The van der Waals surface area contributed by atoms with E-state index in [9.17, 15) is 8.78 Å². The second kappa shape index (κ2) is 7.95. The van der Waals surface area contributed by atoms with Crippen LogP contribution in [0.5, 0.6) is 0 Å². The van der Waals surface area contributed by atoms with E-state index in [2.05, 4.69) is 26.1 Å². The molecule has 0 radical (unpaired) electrons. The fraction of sp³-hybridized carbons (Fsp3) is 1.00. The fourth-order valence-electron chi connectivity index (χ4n) is 1.58. The average molecular weight is 252 g/mol. The van der Waals surface area contributed by atoms with Gasteiger partial charge < -0.3 is 10.4 Å². The number of aliphatic hydroxyl groups excluding tert-OH is 1. The third kappa shape index (κ3) is 10.6. The molecule has 0 aromatic carbocycles. The molecule has 0 bridgehead atoms. The van der Waals surface area contributed by atoms with Crippen LogP contribution in [0.1, 0.15) is 27.7 Å². The Hall–Kier alpha value is -0.260. The molecular weight excluding hydrogens is 226 g/mol. The summed E-state index contributed by atoms with van der Waals surface area (Å²) in [5.41, 5.74) is 0.0405. The number of aliphatic hydroxyl groups is 1. The van der Waals surface area contributed by atoms with Gasteiger partial charge in [0.1, 0.15) is 0 Å². The highest BCUT2D eigenvalue weighted by atomic mass is 19.3. The van der Waals surface area contributed by atoms with Gasteiger partial charge in [0, 0.05) is 18.6 Å². The Balaban J connectivity index is 3.98. The van der Waals surface area contributed by atoms with Crippen LogP contribution in [0, 0.1) is 5.92 Å². The Labute approximate surface area is 103 Å². The van der Waals surface area contributed by atoms with Gasteiger partial charge in [-0.3, -0.25) is 4.90 Å². The van der Waals surface area contributed by atoms with Crippen LogP contribution in [-0.2, 0) is 0 Å². The molecule has 1 atom stereocenters. The number of hydrogen-bond donors (Lipinski definition) is 2. The lowest BCUT2D eigenvalue weighted by atomic mass is 10.1. The van der Waals surface area contributed by atoms with E-state index in [-0.39, 0.29) is 24.6 Å². The molecule has 0 heterocycles. The molecule has 17 heavy (non-hydrogen) atoms. The molecule has 0 aliphatic heterocycles. The van der Waals surface area contributed by atoms with E-state index in [0.717, 1.165) is 6.54 Å². The highest BCUT2D eigenvalue weighted by Crippen LogP contribution is 2.05. The number of alkyl halides is 2. The van der Waals surface area contributed by atoms with E-state index >= 15 is 0 Å². The quantitative estimate of drug-likeness (QED) is 0.688. The molecule has 0 saturated carbocycles. The zero-order chi connectivity index (χ0) is 13.5. The third-order valence-electron chi connectivity index (χ3n) is 2.36. The second-order valence-electron chi connectivity index (χ2n) is 5.61. The van der Waals surface area contributed by atoms with Crippen molar-refractivity contribution in [1.29, 1.82) is 0 Å². The van der Waals surface area contributed by atoms with E-state index in [1.807, 2.05) is 6.92 Å². The molecule has 0 aliphatic rings. The second-order valence-corrected chi connectivity index (χ2v) is 5.61. The van der Waals surface area contributed by atoms with Crippen molar-refractivity contribution < 1.29 is 13.9 Å². The van der Waals surface area contributed by atoms with Gasteiger partial charge in [-0.1, -0.05) is 6.92 Å². The van der Waals surface area contributed by atoms with Gasteiger partial charge in [0.2, 0.25) is 0 Å². The minimum Gasteiger partial charge on any atom is -0.395 e. The molecule has 0 saturated heterocycles. The van der Waals surface area contributed by atoms with Gasteiger partial charge in [-0.05, 0) is 33.2 Å². The summed E-state index contributed by atoms with van der Waals surface area (Å²) >= 11 is 0. The van der Waals surface area contributed by atoms with Crippen LogP contribution in [0.25, 0.3) is 0 Å². The summed E-state index contributed by atoms with van der Waals surface area (Å²) in [6.45, 7) is 9.58. The topological polar surface area (TPSA) is 35.5 Å². The van der Waals surface area contributed by atoms with Crippen LogP contribution in [0.3, 0.4) is 0 Å². The lowest BCUT2D eigenvalue weighted by molar-refractivity contribution is 0.0706. The molecule has 0 spiro atoms. The Kier molecular flexibility index (Phi) is 7.83. The molecule has 3 nitrogen and oxygen atoms in total. The Bertz CT molecular complexity index is 195. The number of nitrogens with zero attached hydrogens (tertiary/aromatic N) is 1. The maximum Gasteiger partial charge on any atom is 0.251 e. The van der Waals surface area contributed by atoms with Crippen LogP contribution in [-0.4, -0.2) is 54.8 Å². The van der Waals surface area contributed by atoms with Crippen LogP contribution in [0.15, 0.2) is 0 Å². The lowest BCUT2D eigenvalue weighted by Crippen LogP contribution is -2.42. The lowest BCUT2D eigenvalue weighted by Gasteiger charge is -2.28. The first-order valence-electron chi connectivity index (χ1n) is 6.11. The minimum atomic E-state index is -2.34. The number of nitrogens with one attached hydrogen (secondary N) is 1. The third-order valence-corrected chi connectivity index (χ3v) is 2.36. The first-order valence-corrected chi connectivity index (χ1v) is 6.11. The SMILES string of the molecule is CC(CNC(C)(C)C)CN(CCO)CC(F)F. The average Bonchev–Trinajstić information content (AvgIpc) is 2.13. The number of rotatable bonds is 8. The molecule has 0 amide bonds. The summed E-state index contributed by atoms with van der Waals surface area (Å²) in [6, 6.07) is 0. The van der Waals surface area contributed by atoms with Crippen molar-refractivity contribution in [2.45, 2.75) is 39.7 Å². The smallest absolute Gasteiger partial charge is 0.251 e. The Morgan fingerprint density at radius 3 is 2.24 bits per heavy atom. The zero-order valence-corrected chi connectivity index (χ0v) is 11.3. The maximum absolute atomic E-state index is 12.3. The van der Waals surface area contributed by atoms with Crippen molar-refractivity contribution in [3.8, 4) is 0 Å². The Morgan fingerprint density at radius 1 is 1.24 bits per heavy atom. The molecule has 0 fully saturated rings. The minimum absolute atomic E-state index is 0.0405. The number of halogens is 2. The molecule has 2 N–H and O–H groups in total. The van der Waals surface area contributed by atoms with Gasteiger partial charge in [-0.15, -0.1) is 0 Å². The molecule has 1 unspecified atom stereocenters. The molecular formula is C12H26F2N2O. The summed E-state index contributed by atoms with van der Waals surface area (Å²) in [5.74, 6) is 0.277. The van der Waals surface area contributed by atoms with E-state index in [0.29, 0.717) is 13.1 Å². The van der Waals surface area contributed by atoms with Crippen molar-refractivity contribution in [3.63, 3.8) is 0 Å². The van der Waals surface area contributed by atoms with Crippen molar-refractivity contribution in [3.05, 3.63) is 0 Å². The van der Waals surface area contributed by atoms with Gasteiger partial charge in [-0.2, -0.15) is 0 Å². The summed E-state index contributed by atoms with van der Waals surface area (Å²) < 4.78 is 24.6. The van der Waals surface area contributed by atoms with Crippen LogP contribution in [0.2, 0.25) is 0 Å². The molecule has 5 heteroatoms. The molecule has 0 aliphatic carbocycles. The predicted molar refractivity (Wildman–Crippen MR) is 66.4 cm³/mol. The first-order chi connectivity index (χ1) is 7.74. The van der Waals surface area contributed by atoms with Crippen molar-refractivity contribution in [2.24, 2.45) is 5.92 Å².